The quantitative estimate of drug-likeness (QED) is 0.161. The third-order valence-corrected chi connectivity index (χ3v) is 9.94. The summed E-state index contributed by atoms with van der Waals surface area (Å²) in [6.45, 7) is 11.1. The van der Waals surface area contributed by atoms with Gasteiger partial charge in [0.1, 0.15) is 0 Å². The van der Waals surface area contributed by atoms with Crippen molar-refractivity contribution in [3.05, 3.63) is 193 Å². The molecule has 0 amide bonds. The molecule has 2 heteroatoms. The molecule has 0 bridgehead atoms. The van der Waals surface area contributed by atoms with Gasteiger partial charge in [-0.05, 0) is 101 Å². The first-order valence-corrected chi connectivity index (χ1v) is 16.7. The molecule has 7 aromatic rings. The van der Waals surface area contributed by atoms with Crippen LogP contribution in [0.15, 0.2) is 176 Å². The van der Waals surface area contributed by atoms with Crippen LogP contribution in [0.1, 0.15) is 37.5 Å². The molecule has 8 rings (SSSR count). The van der Waals surface area contributed by atoms with E-state index in [-0.39, 0.29) is 5.41 Å². The summed E-state index contributed by atoms with van der Waals surface area (Å²) in [4.78, 5) is 2.35. The van der Waals surface area contributed by atoms with Crippen LogP contribution in [0.3, 0.4) is 0 Å². The lowest BCUT2D eigenvalue weighted by molar-refractivity contribution is 0.660. The summed E-state index contributed by atoms with van der Waals surface area (Å²) >= 11 is 0. The minimum Gasteiger partial charge on any atom is -0.315 e. The van der Waals surface area contributed by atoms with Gasteiger partial charge < -0.3 is 9.47 Å². The maximum absolute atomic E-state index is 4.23. The van der Waals surface area contributed by atoms with E-state index in [1.165, 1.54) is 44.1 Å². The van der Waals surface area contributed by atoms with E-state index in [1.54, 1.807) is 0 Å². The molecule has 0 atom stereocenters. The van der Waals surface area contributed by atoms with E-state index in [4.69, 9.17) is 0 Å². The summed E-state index contributed by atoms with van der Waals surface area (Å²) in [5.74, 6) is 0. The second-order valence-corrected chi connectivity index (χ2v) is 13.1. The first-order chi connectivity index (χ1) is 23.5. The molecule has 1 heterocycles. The number of anilines is 2. The van der Waals surface area contributed by atoms with Crippen LogP contribution in [0, 0.1) is 0 Å². The summed E-state index contributed by atoms with van der Waals surface area (Å²) in [6, 6.07) is 52.4. The van der Waals surface area contributed by atoms with Crippen LogP contribution < -0.4 is 4.90 Å². The van der Waals surface area contributed by atoms with Crippen molar-refractivity contribution in [1.82, 2.24) is 4.57 Å². The van der Waals surface area contributed by atoms with Gasteiger partial charge >= 0.3 is 0 Å². The Bertz CT molecular complexity index is 2390. The molecule has 0 unspecified atom stereocenters. The topological polar surface area (TPSA) is 8.17 Å². The number of hydrogen-bond acceptors (Lipinski definition) is 1. The van der Waals surface area contributed by atoms with Gasteiger partial charge in [0.05, 0.1) is 11.0 Å². The van der Waals surface area contributed by atoms with E-state index in [0.29, 0.717) is 0 Å². The van der Waals surface area contributed by atoms with Crippen LogP contribution in [0.4, 0.5) is 11.4 Å². The second-order valence-electron chi connectivity index (χ2n) is 13.1. The molecule has 0 saturated carbocycles. The normalized spacial score (nSPS) is 13.8. The maximum Gasteiger partial charge on any atom is 0.0541 e. The van der Waals surface area contributed by atoms with E-state index < -0.39 is 0 Å². The van der Waals surface area contributed by atoms with Crippen molar-refractivity contribution in [2.75, 3.05) is 4.90 Å². The largest absolute Gasteiger partial charge is 0.315 e. The number of para-hydroxylation sites is 3. The number of hydrogen-bond donors (Lipinski definition) is 0. The van der Waals surface area contributed by atoms with Crippen molar-refractivity contribution < 1.29 is 0 Å². The van der Waals surface area contributed by atoms with Crippen LogP contribution in [0.5, 0.6) is 0 Å². The summed E-state index contributed by atoms with van der Waals surface area (Å²) < 4.78 is 2.35. The third-order valence-electron chi connectivity index (χ3n) is 9.94. The second kappa shape index (κ2) is 11.7. The molecule has 48 heavy (non-hydrogen) atoms. The number of aromatic nitrogens is 1. The zero-order valence-electron chi connectivity index (χ0n) is 27.7. The van der Waals surface area contributed by atoms with Crippen LogP contribution in [-0.4, -0.2) is 4.57 Å². The molecular weight excluding hydrogens is 581 g/mol. The van der Waals surface area contributed by atoms with Crippen molar-refractivity contribution in [1.29, 1.82) is 0 Å². The Hall–Kier alpha value is -5.86. The molecule has 1 aliphatic rings. The lowest BCUT2D eigenvalue weighted by atomic mass is 9.82. The van der Waals surface area contributed by atoms with Crippen LogP contribution >= 0.6 is 0 Å². The highest BCUT2D eigenvalue weighted by Gasteiger charge is 2.35. The number of rotatable bonds is 7. The molecule has 0 spiro atoms. The number of fused-ring (bicyclic) bond motifs is 6. The molecule has 0 saturated heterocycles. The highest BCUT2D eigenvalue weighted by molar-refractivity contribution is 6.10. The Labute approximate surface area is 283 Å². The van der Waals surface area contributed by atoms with Gasteiger partial charge in [-0.2, -0.15) is 0 Å². The predicted octanol–water partition coefficient (Wildman–Crippen LogP) is 12.4. The average molecular weight is 619 g/mol. The molecular formula is C46H38N2. The molecule has 0 radical (unpaired) electrons. The maximum atomic E-state index is 4.23. The number of allylic oxidation sites excluding steroid dienone is 5. The van der Waals surface area contributed by atoms with Gasteiger partial charge in [0.2, 0.25) is 0 Å². The number of benzene rings is 6. The fourth-order valence-corrected chi connectivity index (χ4v) is 7.54. The minimum atomic E-state index is -0.0693. The van der Waals surface area contributed by atoms with E-state index in [0.717, 1.165) is 33.9 Å². The van der Waals surface area contributed by atoms with Gasteiger partial charge in [0, 0.05) is 38.9 Å². The molecule has 2 nitrogen and oxygen atoms in total. The van der Waals surface area contributed by atoms with Gasteiger partial charge in [-0.1, -0.05) is 124 Å². The van der Waals surface area contributed by atoms with Gasteiger partial charge in [0.15, 0.2) is 0 Å². The monoisotopic (exact) mass is 618 g/mol. The van der Waals surface area contributed by atoms with Gasteiger partial charge in [-0.15, -0.1) is 0 Å². The van der Waals surface area contributed by atoms with E-state index in [1.807, 2.05) is 6.08 Å². The average Bonchev–Trinajstić information content (AvgIpc) is 3.58. The van der Waals surface area contributed by atoms with Crippen molar-refractivity contribution >= 4 is 38.8 Å². The fourth-order valence-electron chi connectivity index (χ4n) is 7.54. The Morgan fingerprint density at radius 3 is 2.06 bits per heavy atom. The zero-order valence-corrected chi connectivity index (χ0v) is 27.7. The zero-order chi connectivity index (χ0) is 32.8. The molecule has 0 aliphatic heterocycles. The minimum absolute atomic E-state index is 0.0693. The Morgan fingerprint density at radius 2 is 1.27 bits per heavy atom. The van der Waals surface area contributed by atoms with E-state index in [2.05, 4.69) is 195 Å². The molecule has 0 N–H and O–H groups in total. The first kappa shape index (κ1) is 29.5. The Balaban J connectivity index is 1.21. The summed E-state index contributed by atoms with van der Waals surface area (Å²) in [5.41, 5.74) is 14.5. The number of nitrogens with zero attached hydrogens (tertiary/aromatic N) is 2. The lowest BCUT2D eigenvalue weighted by Gasteiger charge is -2.28. The Morgan fingerprint density at radius 1 is 0.604 bits per heavy atom. The smallest absolute Gasteiger partial charge is 0.0541 e. The summed E-state index contributed by atoms with van der Waals surface area (Å²) in [6.07, 6.45) is 6.38. The molecule has 6 aromatic carbocycles. The van der Waals surface area contributed by atoms with Crippen molar-refractivity contribution in [2.45, 2.75) is 26.2 Å². The van der Waals surface area contributed by atoms with Crippen molar-refractivity contribution in [2.24, 2.45) is 0 Å². The fraction of sp³-hybridized carbons (Fsp3) is 0.0870. The standard InChI is InChI=1S/C46H38N2/c1-5-33(34-26-29-45-41(30-34)40-21-13-15-23-44(40)48(45)36-18-10-7-11-19-36)25-24-32(2)47(35-16-8-6-9-17-35)37-27-28-39-38-20-12-14-22-42(38)46(3,4)43(39)31-37/h5-31H,1H2,2-4H3/b32-24+,33-25+. The highest BCUT2D eigenvalue weighted by atomic mass is 15.1. The van der Waals surface area contributed by atoms with Crippen LogP contribution in [-0.2, 0) is 5.41 Å². The van der Waals surface area contributed by atoms with Crippen LogP contribution in [0.2, 0.25) is 0 Å². The summed E-state index contributed by atoms with van der Waals surface area (Å²) in [5, 5.41) is 2.47. The van der Waals surface area contributed by atoms with Gasteiger partial charge in [-0.3, -0.25) is 0 Å². The molecule has 0 fully saturated rings. The SMILES string of the molecule is C=C/C(=C\C=C(/C)N(c1ccccc1)c1ccc2c(c1)C(C)(C)c1ccccc1-2)c1ccc2c(c1)c1ccccc1n2-c1ccccc1. The third kappa shape index (κ3) is 4.80. The molecule has 232 valence electrons. The first-order valence-electron chi connectivity index (χ1n) is 16.7. The van der Waals surface area contributed by atoms with Crippen LogP contribution in [0.25, 0.3) is 44.2 Å². The highest BCUT2D eigenvalue weighted by Crippen LogP contribution is 2.50. The van der Waals surface area contributed by atoms with E-state index in [9.17, 15) is 0 Å². The molecule has 1 aromatic heterocycles. The van der Waals surface area contributed by atoms with Crippen molar-refractivity contribution in [3.63, 3.8) is 0 Å². The van der Waals surface area contributed by atoms with Crippen molar-refractivity contribution in [3.8, 4) is 16.8 Å². The predicted molar refractivity (Wildman–Crippen MR) is 205 cm³/mol. The lowest BCUT2D eigenvalue weighted by Crippen LogP contribution is -2.18. The van der Waals surface area contributed by atoms with Gasteiger partial charge in [-0.25, -0.2) is 0 Å². The Kier molecular flexibility index (Phi) is 7.22. The molecule has 1 aliphatic carbocycles. The summed E-state index contributed by atoms with van der Waals surface area (Å²) in [7, 11) is 0. The van der Waals surface area contributed by atoms with E-state index >= 15 is 0 Å². The van der Waals surface area contributed by atoms with Gasteiger partial charge in [0.25, 0.3) is 0 Å².